The molecule has 20 heavy (non-hydrogen) atoms. The maximum atomic E-state index is 5.72. The van der Waals surface area contributed by atoms with Crippen molar-refractivity contribution in [3.8, 4) is 5.75 Å². The Hall–Kier alpha value is -1.59. The van der Waals surface area contributed by atoms with E-state index < -0.39 is 0 Å². The summed E-state index contributed by atoms with van der Waals surface area (Å²) in [5, 5.41) is 6.54. The van der Waals surface area contributed by atoms with E-state index in [1.807, 2.05) is 45.3 Å². The highest BCUT2D eigenvalue weighted by Crippen LogP contribution is 2.18. The number of likely N-dealkylation sites (N-methyl/N-ethyl adjacent to an activating group) is 1. The van der Waals surface area contributed by atoms with Gasteiger partial charge in [-0.05, 0) is 33.2 Å². The molecule has 0 atom stereocenters. The van der Waals surface area contributed by atoms with E-state index >= 15 is 0 Å². The van der Waals surface area contributed by atoms with Crippen LogP contribution in [0.25, 0.3) is 0 Å². The Morgan fingerprint density at radius 2 is 2.20 bits per heavy atom. The predicted molar refractivity (Wildman–Crippen MR) is 84.7 cm³/mol. The van der Waals surface area contributed by atoms with E-state index in [0.29, 0.717) is 6.61 Å². The lowest BCUT2D eigenvalue weighted by molar-refractivity contribution is 0.261. The zero-order valence-electron chi connectivity index (χ0n) is 12.2. The van der Waals surface area contributed by atoms with E-state index in [4.69, 9.17) is 4.74 Å². The van der Waals surface area contributed by atoms with E-state index in [-0.39, 0.29) is 0 Å². The topological polar surface area (TPSA) is 37.4 Å². The molecule has 4 nitrogen and oxygen atoms in total. The molecule has 0 spiro atoms. The van der Waals surface area contributed by atoms with Crippen molar-refractivity contribution in [2.75, 3.05) is 32.6 Å². The van der Waals surface area contributed by atoms with Gasteiger partial charge in [-0.1, -0.05) is 6.07 Å². The smallest absolute Gasteiger partial charge is 0.121 e. The molecule has 0 saturated heterocycles. The van der Waals surface area contributed by atoms with E-state index in [9.17, 15) is 0 Å². The van der Waals surface area contributed by atoms with Gasteiger partial charge in [0, 0.05) is 29.4 Å². The van der Waals surface area contributed by atoms with Gasteiger partial charge in [0.05, 0.1) is 6.54 Å². The van der Waals surface area contributed by atoms with Crippen LogP contribution >= 0.6 is 11.3 Å². The molecule has 0 amide bonds. The van der Waals surface area contributed by atoms with E-state index in [1.54, 1.807) is 11.3 Å². The lowest BCUT2D eigenvalue weighted by Gasteiger charge is -2.12. The Kier molecular flexibility index (Phi) is 5.38. The second-order valence-electron chi connectivity index (χ2n) is 4.92. The molecule has 0 saturated carbocycles. The first-order chi connectivity index (χ1) is 9.63. The van der Waals surface area contributed by atoms with Crippen LogP contribution in [-0.4, -0.2) is 37.1 Å². The number of hydrogen-bond acceptors (Lipinski definition) is 5. The lowest BCUT2D eigenvalue weighted by atomic mass is 10.3. The van der Waals surface area contributed by atoms with E-state index in [0.717, 1.165) is 35.2 Å². The van der Waals surface area contributed by atoms with Gasteiger partial charge < -0.3 is 15.0 Å². The number of aryl methyl sites for hydroxylation is 1. The summed E-state index contributed by atoms with van der Waals surface area (Å²) in [6.07, 6.45) is 0. The van der Waals surface area contributed by atoms with Crippen LogP contribution in [0.4, 0.5) is 5.69 Å². The largest absolute Gasteiger partial charge is 0.492 e. The van der Waals surface area contributed by atoms with Gasteiger partial charge in [-0.3, -0.25) is 0 Å². The van der Waals surface area contributed by atoms with Crippen molar-refractivity contribution in [2.45, 2.75) is 13.5 Å². The summed E-state index contributed by atoms with van der Waals surface area (Å²) in [5.41, 5.74) is 2.13. The molecule has 5 heteroatoms. The minimum absolute atomic E-state index is 0.697. The summed E-state index contributed by atoms with van der Waals surface area (Å²) >= 11 is 1.68. The molecule has 0 aliphatic carbocycles. The van der Waals surface area contributed by atoms with Gasteiger partial charge in [0.25, 0.3) is 0 Å². The number of aromatic nitrogens is 1. The van der Waals surface area contributed by atoms with Crippen molar-refractivity contribution < 1.29 is 4.74 Å². The fourth-order valence-electron chi connectivity index (χ4n) is 1.70. The highest BCUT2D eigenvalue weighted by Gasteiger charge is 2.00. The molecule has 108 valence electrons. The SMILES string of the molecule is Cc1csc(CNc2cccc(OCCN(C)C)c2)n1. The summed E-state index contributed by atoms with van der Waals surface area (Å²) in [7, 11) is 4.08. The molecule has 0 bridgehead atoms. The molecule has 0 aliphatic rings. The number of rotatable bonds is 7. The van der Waals surface area contributed by atoms with Gasteiger partial charge in [-0.25, -0.2) is 4.98 Å². The van der Waals surface area contributed by atoms with Crippen LogP contribution in [-0.2, 0) is 6.54 Å². The Balaban J connectivity index is 1.85. The van der Waals surface area contributed by atoms with Gasteiger partial charge in [0.2, 0.25) is 0 Å². The maximum absolute atomic E-state index is 5.72. The number of hydrogen-bond donors (Lipinski definition) is 1. The average Bonchev–Trinajstić information content (AvgIpc) is 2.82. The van der Waals surface area contributed by atoms with Gasteiger partial charge >= 0.3 is 0 Å². The predicted octanol–water partition coefficient (Wildman–Crippen LogP) is 3.00. The van der Waals surface area contributed by atoms with Crippen LogP contribution in [0.2, 0.25) is 0 Å². The molecule has 1 heterocycles. The zero-order chi connectivity index (χ0) is 14.4. The van der Waals surface area contributed by atoms with Crippen molar-refractivity contribution in [3.05, 3.63) is 40.3 Å². The van der Waals surface area contributed by atoms with Crippen LogP contribution in [0.3, 0.4) is 0 Å². The molecule has 0 unspecified atom stereocenters. The molecular formula is C15H21N3OS. The monoisotopic (exact) mass is 291 g/mol. The summed E-state index contributed by atoms with van der Waals surface area (Å²) in [6, 6.07) is 8.05. The highest BCUT2D eigenvalue weighted by atomic mass is 32.1. The number of nitrogens with one attached hydrogen (secondary N) is 1. The average molecular weight is 291 g/mol. The number of anilines is 1. The quantitative estimate of drug-likeness (QED) is 0.851. The Morgan fingerprint density at radius 3 is 2.90 bits per heavy atom. The van der Waals surface area contributed by atoms with Crippen LogP contribution in [0.15, 0.2) is 29.6 Å². The standard InChI is InChI=1S/C15H21N3OS/c1-12-11-20-15(17-12)10-16-13-5-4-6-14(9-13)19-8-7-18(2)3/h4-6,9,11,16H,7-8,10H2,1-3H3. The van der Waals surface area contributed by atoms with Crippen molar-refractivity contribution in [1.29, 1.82) is 0 Å². The fraction of sp³-hybridized carbons (Fsp3) is 0.400. The minimum atomic E-state index is 0.697. The Bertz CT molecular complexity index is 539. The first kappa shape index (κ1) is 14.8. The molecule has 2 aromatic rings. The number of ether oxygens (including phenoxy) is 1. The van der Waals surface area contributed by atoms with E-state index in [2.05, 4.69) is 20.6 Å². The molecular weight excluding hydrogens is 270 g/mol. The maximum Gasteiger partial charge on any atom is 0.121 e. The zero-order valence-corrected chi connectivity index (χ0v) is 13.0. The molecule has 2 rings (SSSR count). The van der Waals surface area contributed by atoms with Crippen molar-refractivity contribution in [3.63, 3.8) is 0 Å². The summed E-state index contributed by atoms with van der Waals surface area (Å²) in [5.74, 6) is 0.896. The van der Waals surface area contributed by atoms with Crippen LogP contribution < -0.4 is 10.1 Å². The fourth-order valence-corrected chi connectivity index (χ4v) is 2.41. The number of benzene rings is 1. The molecule has 0 aliphatic heterocycles. The van der Waals surface area contributed by atoms with Crippen LogP contribution in [0.5, 0.6) is 5.75 Å². The third-order valence-corrected chi connectivity index (χ3v) is 3.72. The lowest BCUT2D eigenvalue weighted by Crippen LogP contribution is -2.19. The van der Waals surface area contributed by atoms with Gasteiger partial charge in [-0.2, -0.15) is 0 Å². The van der Waals surface area contributed by atoms with Gasteiger partial charge in [0.15, 0.2) is 0 Å². The van der Waals surface area contributed by atoms with Gasteiger partial charge in [0.1, 0.15) is 17.4 Å². The first-order valence-electron chi connectivity index (χ1n) is 6.66. The van der Waals surface area contributed by atoms with Crippen LogP contribution in [0.1, 0.15) is 10.7 Å². The third kappa shape index (κ3) is 4.83. The Morgan fingerprint density at radius 1 is 1.35 bits per heavy atom. The van der Waals surface area contributed by atoms with Crippen molar-refractivity contribution in [1.82, 2.24) is 9.88 Å². The second-order valence-corrected chi connectivity index (χ2v) is 5.86. The molecule has 1 N–H and O–H groups in total. The van der Waals surface area contributed by atoms with Gasteiger partial charge in [-0.15, -0.1) is 11.3 Å². The summed E-state index contributed by atoms with van der Waals surface area (Å²) in [6.45, 7) is 4.37. The molecule has 1 aromatic carbocycles. The summed E-state index contributed by atoms with van der Waals surface area (Å²) < 4.78 is 5.72. The summed E-state index contributed by atoms with van der Waals surface area (Å²) in [4.78, 5) is 6.54. The molecule has 1 aromatic heterocycles. The first-order valence-corrected chi connectivity index (χ1v) is 7.54. The molecule has 0 radical (unpaired) electrons. The number of nitrogens with zero attached hydrogens (tertiary/aromatic N) is 2. The molecule has 0 fully saturated rings. The Labute approximate surface area is 124 Å². The third-order valence-electron chi connectivity index (χ3n) is 2.75. The highest BCUT2D eigenvalue weighted by molar-refractivity contribution is 7.09. The van der Waals surface area contributed by atoms with Crippen LogP contribution in [0, 0.1) is 6.92 Å². The minimum Gasteiger partial charge on any atom is -0.492 e. The number of thiazole rings is 1. The normalized spacial score (nSPS) is 10.8. The second kappa shape index (κ2) is 7.26. The van der Waals surface area contributed by atoms with Crippen molar-refractivity contribution >= 4 is 17.0 Å². The van der Waals surface area contributed by atoms with Crippen molar-refractivity contribution in [2.24, 2.45) is 0 Å². The van der Waals surface area contributed by atoms with E-state index in [1.165, 1.54) is 0 Å².